The lowest BCUT2D eigenvalue weighted by atomic mass is 9.99. The van der Waals surface area contributed by atoms with Crippen molar-refractivity contribution in [3.63, 3.8) is 0 Å². The Morgan fingerprint density at radius 3 is 2.70 bits per heavy atom. The molecule has 3 atom stereocenters. The summed E-state index contributed by atoms with van der Waals surface area (Å²) < 4.78 is 0. The van der Waals surface area contributed by atoms with E-state index in [4.69, 9.17) is 0 Å². The van der Waals surface area contributed by atoms with Gasteiger partial charge in [0.15, 0.2) is 0 Å². The molecule has 4 heteroatoms. The van der Waals surface area contributed by atoms with Gasteiger partial charge in [-0.15, -0.1) is 11.8 Å². The molecule has 0 aromatic heterocycles. The third kappa shape index (κ3) is 2.35. The molecule has 0 spiro atoms. The van der Waals surface area contributed by atoms with Gasteiger partial charge in [0, 0.05) is 23.0 Å². The van der Waals surface area contributed by atoms with Crippen LogP contribution in [-0.4, -0.2) is 29.3 Å². The summed E-state index contributed by atoms with van der Waals surface area (Å²) in [7, 11) is 0. The fourth-order valence-electron chi connectivity index (χ4n) is 3.80. The molecule has 0 saturated carbocycles. The van der Waals surface area contributed by atoms with Crippen LogP contribution >= 0.6 is 11.8 Å². The number of hydrogen-bond acceptors (Lipinski definition) is 3. The number of thioether (sulfide) groups is 1. The molecule has 3 nitrogen and oxygen atoms in total. The Morgan fingerprint density at radius 2 is 1.95 bits per heavy atom. The molecule has 0 radical (unpaired) electrons. The summed E-state index contributed by atoms with van der Waals surface area (Å²) in [5, 5.41) is 6.99. The summed E-state index contributed by atoms with van der Waals surface area (Å²) >= 11 is 1.72. The highest BCUT2D eigenvalue weighted by Gasteiger charge is 2.36. The van der Waals surface area contributed by atoms with E-state index in [1.54, 1.807) is 11.8 Å². The van der Waals surface area contributed by atoms with E-state index in [0.717, 1.165) is 19.3 Å². The first-order valence-corrected chi connectivity index (χ1v) is 8.47. The van der Waals surface area contributed by atoms with Crippen molar-refractivity contribution in [1.82, 2.24) is 10.6 Å². The zero-order valence-electron chi connectivity index (χ0n) is 11.5. The molecule has 3 unspecified atom stereocenters. The van der Waals surface area contributed by atoms with Crippen LogP contribution in [-0.2, 0) is 11.2 Å². The fourth-order valence-corrected chi connectivity index (χ4v) is 5.00. The lowest BCUT2D eigenvalue weighted by Crippen LogP contribution is -2.49. The first-order chi connectivity index (χ1) is 9.78. The predicted molar refractivity (Wildman–Crippen MR) is 80.9 cm³/mol. The highest BCUT2D eigenvalue weighted by atomic mass is 32.2. The van der Waals surface area contributed by atoms with Crippen molar-refractivity contribution in [2.24, 2.45) is 0 Å². The SMILES string of the molecule is O=C(NC1CC2CCC(C1)N2)C1Cc2ccccc2S1. The number of piperidine rings is 1. The zero-order valence-corrected chi connectivity index (χ0v) is 12.3. The van der Waals surface area contributed by atoms with Gasteiger partial charge < -0.3 is 10.6 Å². The van der Waals surface area contributed by atoms with E-state index in [9.17, 15) is 4.79 Å². The molecule has 20 heavy (non-hydrogen) atoms. The van der Waals surface area contributed by atoms with Gasteiger partial charge in [-0.25, -0.2) is 0 Å². The molecular formula is C16H20N2OS. The minimum absolute atomic E-state index is 0.0694. The normalized spacial score (nSPS) is 34.8. The smallest absolute Gasteiger partial charge is 0.234 e. The monoisotopic (exact) mass is 288 g/mol. The first kappa shape index (κ1) is 12.7. The van der Waals surface area contributed by atoms with Gasteiger partial charge in [-0.2, -0.15) is 0 Å². The number of carbonyl (C=O) groups excluding carboxylic acids is 1. The topological polar surface area (TPSA) is 41.1 Å². The number of carbonyl (C=O) groups is 1. The second-order valence-electron chi connectivity index (χ2n) is 6.23. The molecule has 1 aromatic rings. The molecule has 0 aliphatic carbocycles. The van der Waals surface area contributed by atoms with E-state index >= 15 is 0 Å². The molecule has 3 heterocycles. The van der Waals surface area contributed by atoms with Crippen LogP contribution < -0.4 is 10.6 Å². The van der Waals surface area contributed by atoms with Crippen LogP contribution in [0.3, 0.4) is 0 Å². The number of fused-ring (bicyclic) bond motifs is 3. The summed E-state index contributed by atoms with van der Waals surface area (Å²) in [6, 6.07) is 10.0. The standard InChI is InChI=1S/C16H20N2OS/c19-16(15-7-10-3-1-2-4-14(10)20-15)18-13-8-11-5-6-12(9-13)17-11/h1-4,11-13,15,17H,5-9H2,(H,18,19). The van der Waals surface area contributed by atoms with Crippen LogP contribution in [0.4, 0.5) is 0 Å². The van der Waals surface area contributed by atoms with E-state index in [1.807, 2.05) is 0 Å². The van der Waals surface area contributed by atoms with E-state index < -0.39 is 0 Å². The van der Waals surface area contributed by atoms with Gasteiger partial charge in [-0.05, 0) is 43.7 Å². The number of rotatable bonds is 2. The largest absolute Gasteiger partial charge is 0.352 e. The first-order valence-electron chi connectivity index (χ1n) is 7.59. The zero-order chi connectivity index (χ0) is 13.5. The fraction of sp³-hybridized carbons (Fsp3) is 0.562. The Kier molecular flexibility index (Phi) is 3.23. The number of hydrogen-bond donors (Lipinski definition) is 2. The van der Waals surface area contributed by atoms with Gasteiger partial charge >= 0.3 is 0 Å². The van der Waals surface area contributed by atoms with E-state index in [0.29, 0.717) is 18.1 Å². The highest BCUT2D eigenvalue weighted by Crippen LogP contribution is 2.37. The van der Waals surface area contributed by atoms with Crippen molar-refractivity contribution in [2.75, 3.05) is 0 Å². The minimum Gasteiger partial charge on any atom is -0.352 e. The third-order valence-corrected chi connectivity index (χ3v) is 6.08. The van der Waals surface area contributed by atoms with Crippen molar-refractivity contribution in [2.45, 2.75) is 60.4 Å². The maximum atomic E-state index is 12.5. The highest BCUT2D eigenvalue weighted by molar-refractivity contribution is 8.01. The molecule has 4 rings (SSSR count). The number of amides is 1. The van der Waals surface area contributed by atoms with Gasteiger partial charge in [-0.3, -0.25) is 4.79 Å². The summed E-state index contributed by atoms with van der Waals surface area (Å²) in [6.07, 6.45) is 5.64. The Hall–Kier alpha value is -1.00. The van der Waals surface area contributed by atoms with Crippen LogP contribution in [0, 0.1) is 0 Å². The molecule has 2 bridgehead atoms. The van der Waals surface area contributed by atoms with Crippen LogP contribution in [0.15, 0.2) is 29.2 Å². The summed E-state index contributed by atoms with van der Waals surface area (Å²) in [4.78, 5) is 13.7. The molecule has 1 amide bonds. The third-order valence-electron chi connectivity index (χ3n) is 4.76. The molecule has 106 valence electrons. The van der Waals surface area contributed by atoms with Crippen LogP contribution in [0.2, 0.25) is 0 Å². The number of benzene rings is 1. The van der Waals surface area contributed by atoms with Crippen molar-refractivity contribution in [1.29, 1.82) is 0 Å². The van der Waals surface area contributed by atoms with Crippen molar-refractivity contribution in [3.8, 4) is 0 Å². The minimum atomic E-state index is 0.0694. The molecule has 1 aromatic carbocycles. The Balaban J connectivity index is 1.38. The maximum absolute atomic E-state index is 12.5. The average molecular weight is 288 g/mol. The Labute approximate surface area is 123 Å². The van der Waals surface area contributed by atoms with Crippen LogP contribution in [0.25, 0.3) is 0 Å². The average Bonchev–Trinajstić information content (AvgIpc) is 3.02. The molecule has 3 aliphatic heterocycles. The predicted octanol–water partition coefficient (Wildman–Crippen LogP) is 2.10. The molecule has 3 aliphatic rings. The lowest BCUT2D eigenvalue weighted by Gasteiger charge is -2.30. The van der Waals surface area contributed by atoms with Gasteiger partial charge in [0.25, 0.3) is 0 Å². The number of nitrogens with one attached hydrogen (secondary N) is 2. The van der Waals surface area contributed by atoms with E-state index in [1.165, 1.54) is 23.3 Å². The summed E-state index contributed by atoms with van der Waals surface area (Å²) in [5.41, 5.74) is 1.32. The van der Waals surface area contributed by atoms with Crippen molar-refractivity contribution < 1.29 is 4.79 Å². The quantitative estimate of drug-likeness (QED) is 0.875. The van der Waals surface area contributed by atoms with E-state index in [-0.39, 0.29) is 11.2 Å². The molecular weight excluding hydrogens is 268 g/mol. The maximum Gasteiger partial charge on any atom is 0.234 e. The molecule has 2 N–H and O–H groups in total. The second-order valence-corrected chi connectivity index (χ2v) is 7.48. The van der Waals surface area contributed by atoms with Gasteiger partial charge in [0.1, 0.15) is 0 Å². The Morgan fingerprint density at radius 1 is 1.20 bits per heavy atom. The summed E-state index contributed by atoms with van der Waals surface area (Å²) in [5.74, 6) is 0.234. The molecule has 2 saturated heterocycles. The van der Waals surface area contributed by atoms with E-state index in [2.05, 4.69) is 34.9 Å². The van der Waals surface area contributed by atoms with Crippen LogP contribution in [0.1, 0.15) is 31.2 Å². The van der Waals surface area contributed by atoms with Crippen molar-refractivity contribution in [3.05, 3.63) is 29.8 Å². The van der Waals surface area contributed by atoms with Gasteiger partial charge in [0.2, 0.25) is 5.91 Å². The van der Waals surface area contributed by atoms with Gasteiger partial charge in [-0.1, -0.05) is 18.2 Å². The molecule has 2 fully saturated rings. The summed E-state index contributed by atoms with van der Waals surface area (Å²) in [6.45, 7) is 0. The second kappa shape index (κ2) is 5.08. The van der Waals surface area contributed by atoms with Crippen molar-refractivity contribution >= 4 is 17.7 Å². The lowest BCUT2D eigenvalue weighted by molar-refractivity contribution is -0.121. The van der Waals surface area contributed by atoms with Gasteiger partial charge in [0.05, 0.1) is 5.25 Å². The Bertz CT molecular complexity index is 496. The van der Waals surface area contributed by atoms with Crippen LogP contribution in [0.5, 0.6) is 0 Å².